The highest BCUT2D eigenvalue weighted by Gasteiger charge is 2.39. The van der Waals surface area contributed by atoms with Crippen molar-refractivity contribution >= 4 is 52.4 Å². The molecule has 45 heavy (non-hydrogen) atoms. The number of nitrogens with one attached hydrogen (secondary N) is 2. The molecule has 1 aromatic heterocycles. The zero-order chi connectivity index (χ0) is 35.0. The van der Waals surface area contributed by atoms with Crippen LogP contribution in [0, 0.1) is 6.92 Å². The summed E-state index contributed by atoms with van der Waals surface area (Å²) in [7, 11) is 3.60. The minimum atomic E-state index is -5.19. The first kappa shape index (κ1) is 38.0. The summed E-state index contributed by atoms with van der Waals surface area (Å²) in [5.41, 5.74) is 9.43. The summed E-state index contributed by atoms with van der Waals surface area (Å²) >= 11 is 0. The van der Waals surface area contributed by atoms with Gasteiger partial charge in [0.15, 0.2) is 6.20 Å². The van der Waals surface area contributed by atoms with Gasteiger partial charge < -0.3 is 36.3 Å². The van der Waals surface area contributed by atoms with Crippen LogP contribution in [-0.2, 0) is 31.0 Å². The lowest BCUT2D eigenvalue weighted by molar-refractivity contribution is -0.671. The molecular weight excluding hydrogens is 622 g/mol. The van der Waals surface area contributed by atoms with Crippen LogP contribution in [0.2, 0.25) is 0 Å². The topological polar surface area (TPSA) is 198 Å². The number of carbonyl (C=O) groups excluding carboxylic acids is 4. The van der Waals surface area contributed by atoms with Gasteiger partial charge in [-0.15, -0.1) is 0 Å². The van der Waals surface area contributed by atoms with Crippen LogP contribution in [0.3, 0.4) is 0 Å². The molecule has 5 N–H and O–H groups in total. The number of carbonyl (C=O) groups is 5. The molecule has 2 heterocycles. The fourth-order valence-corrected chi connectivity index (χ4v) is 3.27. The summed E-state index contributed by atoms with van der Waals surface area (Å²) in [6.45, 7) is 4.99. The third-order valence-corrected chi connectivity index (χ3v) is 5.59. The number of aromatic nitrogens is 1. The normalized spacial score (nSPS) is 14.6. The molecule has 0 spiro atoms. The van der Waals surface area contributed by atoms with Crippen LogP contribution in [0.15, 0.2) is 41.5 Å². The molecule has 2 atom stereocenters. The van der Waals surface area contributed by atoms with E-state index >= 15 is 0 Å². The molecule has 0 radical (unpaired) electrons. The number of halogens is 6. The number of nitrogens with zero attached hydrogens (tertiary/aromatic N) is 3. The number of anilines is 2. The highest BCUT2D eigenvalue weighted by molar-refractivity contribution is 6.53. The second-order valence-corrected chi connectivity index (χ2v) is 9.28. The quantitative estimate of drug-likeness (QED) is 0.267. The van der Waals surface area contributed by atoms with Crippen molar-refractivity contribution < 1.29 is 65.1 Å². The molecule has 13 nitrogen and oxygen atoms in total. The van der Waals surface area contributed by atoms with Gasteiger partial charge in [0.05, 0.1) is 11.7 Å². The van der Waals surface area contributed by atoms with Crippen molar-refractivity contribution in [3.8, 4) is 0 Å². The van der Waals surface area contributed by atoms with E-state index in [1.54, 1.807) is 44.0 Å². The number of amides is 3. The smallest absolute Gasteiger partial charge is 0.490 e. The molecule has 1 aliphatic rings. The summed E-state index contributed by atoms with van der Waals surface area (Å²) in [6.07, 6.45) is -8.41. The Morgan fingerprint density at radius 3 is 2.02 bits per heavy atom. The van der Waals surface area contributed by atoms with Crippen molar-refractivity contribution in [2.24, 2.45) is 17.8 Å². The van der Waals surface area contributed by atoms with Gasteiger partial charge in [0.25, 0.3) is 11.6 Å². The first-order valence-electron chi connectivity index (χ1n) is 12.4. The molecule has 0 bridgehead atoms. The number of carboxylic acid groups (broad SMARTS) is 2. The van der Waals surface area contributed by atoms with Crippen LogP contribution in [0.4, 0.5) is 43.4 Å². The van der Waals surface area contributed by atoms with Crippen molar-refractivity contribution in [2.45, 2.75) is 45.2 Å². The fraction of sp³-hybridized carbons (Fsp3) is 0.346. The minimum absolute atomic E-state index is 0.174. The van der Waals surface area contributed by atoms with Gasteiger partial charge in [-0.3, -0.25) is 14.4 Å². The van der Waals surface area contributed by atoms with Crippen LogP contribution >= 0.6 is 0 Å². The maximum absolute atomic E-state index is 12.7. The summed E-state index contributed by atoms with van der Waals surface area (Å²) < 4.78 is 65.2. The minimum Gasteiger partial charge on any atom is -0.542 e. The lowest BCUT2D eigenvalue weighted by Crippen LogP contribution is -2.47. The average molecular weight is 651 g/mol. The Labute approximate surface area is 251 Å². The molecule has 0 fully saturated rings. The van der Waals surface area contributed by atoms with Gasteiger partial charge in [-0.1, -0.05) is 0 Å². The third-order valence-electron chi connectivity index (χ3n) is 5.59. The number of aliphatic imine (C=N–C) groups is 1. The molecule has 2 aromatic rings. The van der Waals surface area contributed by atoms with Crippen LogP contribution in [0.1, 0.15) is 25.1 Å². The zero-order valence-corrected chi connectivity index (χ0v) is 24.2. The molecular formula is C26H28F6N6O7. The molecule has 0 saturated heterocycles. The largest absolute Gasteiger partial charge is 0.542 e. The molecule has 3 amide bonds. The van der Waals surface area contributed by atoms with Crippen molar-refractivity contribution in [3.05, 3.63) is 47.8 Å². The van der Waals surface area contributed by atoms with Gasteiger partial charge in [-0.2, -0.15) is 30.9 Å². The molecule has 1 aromatic carbocycles. The number of nitrogens with two attached hydrogens (primary N) is 1. The lowest BCUT2D eigenvalue weighted by atomic mass is 10.1. The van der Waals surface area contributed by atoms with E-state index in [1.165, 1.54) is 0 Å². The van der Waals surface area contributed by atoms with Gasteiger partial charge in [0.1, 0.15) is 24.7 Å². The first-order valence-corrected chi connectivity index (χ1v) is 12.4. The second-order valence-electron chi connectivity index (χ2n) is 9.28. The number of fused-ring (bicyclic) bond motifs is 1. The van der Waals surface area contributed by atoms with Crippen molar-refractivity contribution in [1.29, 1.82) is 0 Å². The number of rotatable bonds is 5. The van der Waals surface area contributed by atoms with E-state index in [4.69, 9.17) is 25.5 Å². The van der Waals surface area contributed by atoms with Crippen LogP contribution in [0.25, 0.3) is 0 Å². The zero-order valence-electron chi connectivity index (χ0n) is 24.2. The van der Waals surface area contributed by atoms with E-state index < -0.39 is 42.3 Å². The van der Waals surface area contributed by atoms with E-state index in [2.05, 4.69) is 15.6 Å². The molecule has 3 rings (SSSR count). The lowest BCUT2D eigenvalue weighted by Gasteiger charge is -2.16. The monoisotopic (exact) mass is 650 g/mol. The summed E-state index contributed by atoms with van der Waals surface area (Å²) in [4.78, 5) is 60.6. The van der Waals surface area contributed by atoms with E-state index in [0.717, 1.165) is 16.9 Å². The second kappa shape index (κ2) is 15.1. The molecule has 1 aliphatic heterocycles. The molecule has 0 unspecified atom stereocenters. The van der Waals surface area contributed by atoms with Crippen molar-refractivity contribution in [3.63, 3.8) is 0 Å². The maximum Gasteiger partial charge on any atom is 0.490 e. The number of hydrogen-bond acceptors (Lipinski definition) is 8. The summed E-state index contributed by atoms with van der Waals surface area (Å²) in [6, 6.07) is 7.56. The van der Waals surface area contributed by atoms with Gasteiger partial charge >= 0.3 is 18.3 Å². The predicted molar refractivity (Wildman–Crippen MR) is 143 cm³/mol. The number of aryl methyl sites for hydroxylation is 2. The third kappa shape index (κ3) is 10.9. The average Bonchev–Trinajstić information content (AvgIpc) is 3.15. The van der Waals surface area contributed by atoms with E-state index in [-0.39, 0.29) is 11.8 Å². The van der Waals surface area contributed by atoms with E-state index in [1.807, 2.05) is 36.9 Å². The standard InChI is InChI=1S/C22H26N6O3.2C2HF3O2/c1-12-11-15(25-21(30)14(3)24-20(29)13(2)23)8-9-16(12)26-18-19-17(28(5)22(18)31)7-6-10-27(19)4;2*3-2(4,5)1(6)7/h6-11,13-14H,23H2,1-5H3,(H,24,29);2*(H,6,7)/t13-,14-;;/m0../s1. The predicted octanol–water partition coefficient (Wildman–Crippen LogP) is 0.639. The number of carboxylic acids is 2. The Morgan fingerprint density at radius 2 is 1.58 bits per heavy atom. The number of likely N-dealkylation sites (N-methyl/N-ethyl adjacent to an activating group) is 1. The van der Waals surface area contributed by atoms with Gasteiger partial charge in [0.2, 0.25) is 17.5 Å². The van der Waals surface area contributed by atoms with Crippen molar-refractivity contribution in [1.82, 2.24) is 5.32 Å². The Kier molecular flexibility index (Phi) is 12.7. The van der Waals surface area contributed by atoms with E-state index in [0.29, 0.717) is 17.1 Å². The molecule has 246 valence electrons. The Balaban J connectivity index is 0.000000601. The van der Waals surface area contributed by atoms with Gasteiger partial charge in [-0.25, -0.2) is 9.79 Å². The summed E-state index contributed by atoms with van der Waals surface area (Å²) in [5, 5.41) is 21.2. The molecule has 0 aliphatic carbocycles. The van der Waals surface area contributed by atoms with E-state index in [9.17, 15) is 40.7 Å². The molecule has 19 heteroatoms. The Bertz CT molecular complexity index is 1470. The first-order chi connectivity index (χ1) is 20.5. The Morgan fingerprint density at radius 1 is 1.04 bits per heavy atom. The number of hydrogen-bond donors (Lipinski definition) is 4. The fourth-order valence-electron chi connectivity index (χ4n) is 3.27. The van der Waals surface area contributed by atoms with Crippen LogP contribution < -0.4 is 30.9 Å². The van der Waals surface area contributed by atoms with Crippen molar-refractivity contribution in [2.75, 3.05) is 17.3 Å². The number of alkyl halides is 6. The Hall–Kier alpha value is -5.07. The number of pyridine rings is 1. The van der Waals surface area contributed by atoms with Crippen LogP contribution in [0.5, 0.6) is 0 Å². The number of aliphatic carboxylic acids is 2. The molecule has 0 saturated carbocycles. The highest BCUT2D eigenvalue weighted by Crippen LogP contribution is 2.29. The SMILES string of the molecule is Cc1cc(NC(=O)[C@H](C)NC(=O)[C@H](C)N)ccc1N=C1C(=O)N(C)c2ccc[n+](C)c21.O=C(O)C(F)(F)F.O=C([O-])C(F)(F)F. The van der Waals surface area contributed by atoms with Gasteiger partial charge in [-0.05, 0) is 50.6 Å². The van der Waals surface area contributed by atoms with Crippen LogP contribution in [-0.4, -0.2) is 72.0 Å². The summed E-state index contributed by atoms with van der Waals surface area (Å²) in [5.74, 6) is -6.70. The maximum atomic E-state index is 12.7. The van der Waals surface area contributed by atoms with Gasteiger partial charge in [0, 0.05) is 18.8 Å². The number of benzene rings is 1. The highest BCUT2D eigenvalue weighted by atomic mass is 19.4.